The Balaban J connectivity index is 2.56. The van der Waals surface area contributed by atoms with Crippen LogP contribution in [0.4, 0.5) is 0 Å². The summed E-state index contributed by atoms with van der Waals surface area (Å²) in [4.78, 5) is 14.4. The lowest BCUT2D eigenvalue weighted by molar-refractivity contribution is -0.111. The molecule has 0 saturated carbocycles. The number of hydrogen-bond acceptors (Lipinski definition) is 2. The molecule has 0 aromatic carbocycles. The van der Waals surface area contributed by atoms with Crippen LogP contribution in [-0.2, 0) is 11.2 Å². The second kappa shape index (κ2) is 4.65. The van der Waals surface area contributed by atoms with Crippen LogP contribution in [0.1, 0.15) is 18.9 Å². The van der Waals surface area contributed by atoms with Crippen LogP contribution < -0.4 is 0 Å². The highest BCUT2D eigenvalue weighted by Gasteiger charge is 2.04. The second-order valence-corrected chi connectivity index (χ2v) is 2.86. The zero-order chi connectivity index (χ0) is 8.81. The van der Waals surface area contributed by atoms with E-state index in [0.717, 1.165) is 19.1 Å². The number of pyridine rings is 1. The van der Waals surface area contributed by atoms with Crippen LogP contribution in [0.15, 0.2) is 24.5 Å². The summed E-state index contributed by atoms with van der Waals surface area (Å²) in [6.45, 7) is 2.03. The van der Waals surface area contributed by atoms with Gasteiger partial charge >= 0.3 is 0 Å². The minimum absolute atomic E-state index is 0.160. The van der Waals surface area contributed by atoms with E-state index >= 15 is 0 Å². The van der Waals surface area contributed by atoms with Crippen molar-refractivity contribution in [1.29, 1.82) is 0 Å². The van der Waals surface area contributed by atoms with Crippen molar-refractivity contribution >= 4 is 6.29 Å². The van der Waals surface area contributed by atoms with Crippen molar-refractivity contribution in [3.8, 4) is 0 Å². The number of carbonyl (C=O) groups excluding carboxylic acids is 1. The third-order valence-electron chi connectivity index (χ3n) is 1.96. The van der Waals surface area contributed by atoms with Gasteiger partial charge in [0, 0.05) is 18.3 Å². The molecular weight excluding hydrogens is 150 g/mol. The van der Waals surface area contributed by atoms with Crippen molar-refractivity contribution in [3.63, 3.8) is 0 Å². The summed E-state index contributed by atoms with van der Waals surface area (Å²) in [5.41, 5.74) is 1.18. The fourth-order valence-corrected chi connectivity index (χ4v) is 1.11. The lowest BCUT2D eigenvalue weighted by Gasteiger charge is -2.05. The lowest BCUT2D eigenvalue weighted by Crippen LogP contribution is -2.04. The van der Waals surface area contributed by atoms with Gasteiger partial charge < -0.3 is 4.79 Å². The molecule has 1 rings (SSSR count). The molecular formula is C10H13NO. The molecule has 1 atom stereocenters. The van der Waals surface area contributed by atoms with E-state index in [-0.39, 0.29) is 5.92 Å². The van der Waals surface area contributed by atoms with E-state index in [1.165, 1.54) is 5.56 Å². The van der Waals surface area contributed by atoms with Crippen LogP contribution in [0.2, 0.25) is 0 Å². The maximum atomic E-state index is 10.5. The summed E-state index contributed by atoms with van der Waals surface area (Å²) in [6.07, 6.45) is 6.29. The van der Waals surface area contributed by atoms with Crippen molar-refractivity contribution in [2.75, 3.05) is 0 Å². The van der Waals surface area contributed by atoms with Crippen LogP contribution >= 0.6 is 0 Å². The van der Waals surface area contributed by atoms with E-state index in [1.54, 1.807) is 12.4 Å². The Morgan fingerprint density at radius 1 is 1.50 bits per heavy atom. The van der Waals surface area contributed by atoms with Gasteiger partial charge in [-0.25, -0.2) is 0 Å². The van der Waals surface area contributed by atoms with Gasteiger partial charge in [0.15, 0.2) is 0 Å². The monoisotopic (exact) mass is 163 g/mol. The minimum atomic E-state index is 0.160. The van der Waals surface area contributed by atoms with E-state index < -0.39 is 0 Å². The normalized spacial score (nSPS) is 12.4. The van der Waals surface area contributed by atoms with Crippen molar-refractivity contribution in [2.45, 2.75) is 19.8 Å². The van der Waals surface area contributed by atoms with Gasteiger partial charge in [0.2, 0.25) is 0 Å². The van der Waals surface area contributed by atoms with Gasteiger partial charge in [-0.05, 0) is 30.5 Å². The predicted octanol–water partition coefficient (Wildman–Crippen LogP) is 1.85. The van der Waals surface area contributed by atoms with Gasteiger partial charge in [0.1, 0.15) is 6.29 Å². The van der Waals surface area contributed by atoms with E-state index in [9.17, 15) is 4.79 Å². The van der Waals surface area contributed by atoms with Crippen molar-refractivity contribution in [1.82, 2.24) is 4.98 Å². The summed E-state index contributed by atoms with van der Waals surface area (Å²) >= 11 is 0. The van der Waals surface area contributed by atoms with Crippen LogP contribution in [0.5, 0.6) is 0 Å². The molecule has 0 radical (unpaired) electrons. The molecule has 0 fully saturated rings. The van der Waals surface area contributed by atoms with E-state index in [4.69, 9.17) is 0 Å². The molecule has 0 bridgehead atoms. The molecule has 0 amide bonds. The smallest absolute Gasteiger partial charge is 0.123 e. The van der Waals surface area contributed by atoms with Gasteiger partial charge in [-0.1, -0.05) is 6.92 Å². The number of aldehydes is 1. The Morgan fingerprint density at radius 2 is 2.17 bits per heavy atom. The first-order valence-electron chi connectivity index (χ1n) is 4.21. The molecule has 1 heterocycles. The quantitative estimate of drug-likeness (QED) is 0.634. The molecule has 2 nitrogen and oxygen atoms in total. The summed E-state index contributed by atoms with van der Waals surface area (Å²) in [7, 11) is 0. The highest BCUT2D eigenvalue weighted by Crippen LogP contribution is 2.08. The Hall–Kier alpha value is -1.18. The van der Waals surface area contributed by atoms with Crippen LogP contribution in [0, 0.1) is 5.92 Å². The molecule has 0 N–H and O–H groups in total. The van der Waals surface area contributed by atoms with Gasteiger partial charge in [-0.15, -0.1) is 0 Å². The topological polar surface area (TPSA) is 30.0 Å². The first-order valence-corrected chi connectivity index (χ1v) is 4.21. The lowest BCUT2D eigenvalue weighted by atomic mass is 9.99. The molecule has 0 aliphatic carbocycles. The molecule has 1 unspecified atom stereocenters. The molecule has 0 spiro atoms. The van der Waals surface area contributed by atoms with Gasteiger partial charge in [-0.2, -0.15) is 0 Å². The fourth-order valence-electron chi connectivity index (χ4n) is 1.11. The van der Waals surface area contributed by atoms with Crippen LogP contribution in [-0.4, -0.2) is 11.3 Å². The Morgan fingerprint density at radius 3 is 2.67 bits per heavy atom. The second-order valence-electron chi connectivity index (χ2n) is 2.86. The zero-order valence-electron chi connectivity index (χ0n) is 7.23. The Bertz CT molecular complexity index is 233. The Kier molecular flexibility index (Phi) is 3.45. The number of hydrogen-bond donors (Lipinski definition) is 0. The van der Waals surface area contributed by atoms with Gasteiger partial charge in [-0.3, -0.25) is 4.98 Å². The largest absolute Gasteiger partial charge is 0.303 e. The van der Waals surface area contributed by atoms with Gasteiger partial charge in [0.25, 0.3) is 0 Å². The first kappa shape index (κ1) is 8.91. The average Bonchev–Trinajstić information content (AvgIpc) is 2.16. The van der Waals surface area contributed by atoms with Crippen molar-refractivity contribution < 1.29 is 4.79 Å². The molecule has 2 heteroatoms. The van der Waals surface area contributed by atoms with E-state index in [0.29, 0.717) is 0 Å². The maximum absolute atomic E-state index is 10.5. The van der Waals surface area contributed by atoms with E-state index in [2.05, 4.69) is 4.98 Å². The highest BCUT2D eigenvalue weighted by molar-refractivity contribution is 5.54. The highest BCUT2D eigenvalue weighted by atomic mass is 16.1. The number of carbonyl (C=O) groups is 1. The fraction of sp³-hybridized carbons (Fsp3) is 0.400. The SMILES string of the molecule is CCC(C=O)Cc1ccncc1. The molecule has 1 aromatic rings. The molecule has 0 aliphatic heterocycles. The third-order valence-corrected chi connectivity index (χ3v) is 1.96. The Labute approximate surface area is 72.6 Å². The summed E-state index contributed by atoms with van der Waals surface area (Å²) < 4.78 is 0. The molecule has 0 saturated heterocycles. The van der Waals surface area contributed by atoms with E-state index in [1.807, 2.05) is 19.1 Å². The zero-order valence-corrected chi connectivity index (χ0v) is 7.23. The number of rotatable bonds is 4. The third kappa shape index (κ3) is 2.46. The minimum Gasteiger partial charge on any atom is -0.303 e. The first-order chi connectivity index (χ1) is 5.86. The molecule has 0 aliphatic rings. The molecule has 64 valence electrons. The van der Waals surface area contributed by atoms with Gasteiger partial charge in [0.05, 0.1) is 0 Å². The number of nitrogens with zero attached hydrogens (tertiary/aromatic N) is 1. The van der Waals surface area contributed by atoms with Crippen LogP contribution in [0.3, 0.4) is 0 Å². The average molecular weight is 163 g/mol. The number of aromatic nitrogens is 1. The predicted molar refractivity (Wildman–Crippen MR) is 47.8 cm³/mol. The summed E-state index contributed by atoms with van der Waals surface area (Å²) in [6, 6.07) is 3.90. The molecule has 1 aromatic heterocycles. The molecule has 12 heavy (non-hydrogen) atoms. The van der Waals surface area contributed by atoms with Crippen molar-refractivity contribution in [3.05, 3.63) is 30.1 Å². The summed E-state index contributed by atoms with van der Waals surface area (Å²) in [5, 5.41) is 0. The summed E-state index contributed by atoms with van der Waals surface area (Å²) in [5.74, 6) is 0.160. The van der Waals surface area contributed by atoms with Crippen molar-refractivity contribution in [2.24, 2.45) is 5.92 Å². The van der Waals surface area contributed by atoms with Crippen LogP contribution in [0.25, 0.3) is 0 Å². The maximum Gasteiger partial charge on any atom is 0.123 e. The standard InChI is InChI=1S/C10H13NO/c1-2-9(8-12)7-10-3-5-11-6-4-10/h3-6,8-9H,2,7H2,1H3.